The van der Waals surface area contributed by atoms with E-state index in [4.69, 9.17) is 0 Å². The molecule has 1 saturated heterocycles. The maximum Gasteiger partial charge on any atom is 0.224 e. The molecule has 2 heterocycles. The van der Waals surface area contributed by atoms with Crippen molar-refractivity contribution in [2.75, 3.05) is 32.4 Å². The first-order valence-electron chi connectivity index (χ1n) is 9.71. The van der Waals surface area contributed by atoms with Gasteiger partial charge in [0.05, 0.1) is 12.2 Å². The Labute approximate surface area is 163 Å². The van der Waals surface area contributed by atoms with Gasteiger partial charge in [0.2, 0.25) is 15.9 Å². The van der Waals surface area contributed by atoms with Gasteiger partial charge in [-0.3, -0.25) is 9.69 Å². The highest BCUT2D eigenvalue weighted by atomic mass is 32.2. The van der Waals surface area contributed by atoms with Crippen LogP contribution in [0.25, 0.3) is 0 Å². The van der Waals surface area contributed by atoms with Crippen molar-refractivity contribution in [1.29, 1.82) is 0 Å². The summed E-state index contributed by atoms with van der Waals surface area (Å²) in [5, 5.41) is 3.08. The molecule has 2 aliphatic rings. The van der Waals surface area contributed by atoms with E-state index < -0.39 is 10.0 Å². The first-order valence-corrected chi connectivity index (χ1v) is 11.6. The summed E-state index contributed by atoms with van der Waals surface area (Å²) >= 11 is 0. The van der Waals surface area contributed by atoms with E-state index in [0.717, 1.165) is 32.4 Å². The molecule has 3 rings (SSSR count). The Morgan fingerprint density at radius 2 is 1.93 bits per heavy atom. The fourth-order valence-corrected chi connectivity index (χ4v) is 4.94. The highest BCUT2D eigenvalue weighted by Gasteiger charge is 2.33. The van der Waals surface area contributed by atoms with Gasteiger partial charge in [0.25, 0.3) is 0 Å². The van der Waals surface area contributed by atoms with Gasteiger partial charge < -0.3 is 5.32 Å². The van der Waals surface area contributed by atoms with Gasteiger partial charge in [0, 0.05) is 38.3 Å². The SMILES string of the molecule is CC(C)(CNC(=O)C1CCCN(S(C)(=O)=O)C1)N1CCc2ccccc2C1. The molecule has 1 fully saturated rings. The number of amides is 1. The van der Waals surface area contributed by atoms with Gasteiger partial charge in [0.15, 0.2) is 0 Å². The average Bonchev–Trinajstić information content (AvgIpc) is 2.65. The lowest BCUT2D eigenvalue weighted by atomic mass is 9.93. The average molecular weight is 394 g/mol. The summed E-state index contributed by atoms with van der Waals surface area (Å²) in [6, 6.07) is 8.54. The summed E-state index contributed by atoms with van der Waals surface area (Å²) in [4.78, 5) is 15.1. The minimum Gasteiger partial charge on any atom is -0.354 e. The lowest BCUT2D eigenvalue weighted by Gasteiger charge is -2.42. The molecule has 0 radical (unpaired) electrons. The number of benzene rings is 1. The molecule has 1 atom stereocenters. The van der Waals surface area contributed by atoms with Crippen LogP contribution in [0.3, 0.4) is 0 Å². The molecule has 1 amide bonds. The third-order valence-corrected chi connectivity index (χ3v) is 7.18. The number of hydrogen-bond acceptors (Lipinski definition) is 4. The number of rotatable bonds is 5. The first kappa shape index (κ1) is 20.3. The number of carbonyl (C=O) groups excluding carboxylic acids is 1. The van der Waals surface area contributed by atoms with E-state index in [2.05, 4.69) is 48.3 Å². The highest BCUT2D eigenvalue weighted by Crippen LogP contribution is 2.25. The van der Waals surface area contributed by atoms with Gasteiger partial charge in [-0.1, -0.05) is 24.3 Å². The number of hydrogen-bond donors (Lipinski definition) is 1. The number of sulfonamides is 1. The van der Waals surface area contributed by atoms with Crippen LogP contribution in [0.5, 0.6) is 0 Å². The van der Waals surface area contributed by atoms with E-state index >= 15 is 0 Å². The van der Waals surface area contributed by atoms with E-state index in [9.17, 15) is 13.2 Å². The minimum absolute atomic E-state index is 0.0335. The van der Waals surface area contributed by atoms with Gasteiger partial charge >= 0.3 is 0 Å². The third kappa shape index (κ3) is 4.89. The standard InChI is InChI=1S/C20H31N3O3S/c1-20(2,22-12-10-16-7-4-5-8-17(16)13-22)15-21-19(24)18-9-6-11-23(14-18)27(3,25)26/h4-5,7-8,18H,6,9-15H2,1-3H3,(H,21,24). The molecule has 1 unspecified atom stereocenters. The van der Waals surface area contributed by atoms with Crippen LogP contribution >= 0.6 is 0 Å². The Kier molecular flexibility index (Phi) is 5.93. The maximum absolute atomic E-state index is 12.6. The predicted molar refractivity (Wildman–Crippen MR) is 107 cm³/mol. The summed E-state index contributed by atoms with van der Waals surface area (Å²) in [5.41, 5.74) is 2.62. The number of fused-ring (bicyclic) bond motifs is 1. The smallest absolute Gasteiger partial charge is 0.224 e. The summed E-state index contributed by atoms with van der Waals surface area (Å²) < 4.78 is 25.0. The normalized spacial score (nSPS) is 22.3. The largest absolute Gasteiger partial charge is 0.354 e. The summed E-state index contributed by atoms with van der Waals surface area (Å²) in [6.45, 7) is 7.55. The van der Waals surface area contributed by atoms with Crippen molar-refractivity contribution in [3.05, 3.63) is 35.4 Å². The van der Waals surface area contributed by atoms with Gasteiger partial charge in [-0.15, -0.1) is 0 Å². The zero-order valence-electron chi connectivity index (χ0n) is 16.6. The molecule has 2 aliphatic heterocycles. The van der Waals surface area contributed by atoms with E-state index in [-0.39, 0.29) is 17.4 Å². The minimum atomic E-state index is -3.24. The van der Waals surface area contributed by atoms with Crippen LogP contribution in [0, 0.1) is 5.92 Å². The Hall–Kier alpha value is -1.44. The van der Waals surface area contributed by atoms with Crippen molar-refractivity contribution < 1.29 is 13.2 Å². The predicted octanol–water partition coefficient (Wildman–Crippen LogP) is 1.61. The van der Waals surface area contributed by atoms with Crippen molar-refractivity contribution >= 4 is 15.9 Å². The third-order valence-electron chi connectivity index (χ3n) is 5.91. The molecule has 0 bridgehead atoms. The first-order chi connectivity index (χ1) is 12.7. The molecule has 27 heavy (non-hydrogen) atoms. The van der Waals surface area contributed by atoms with E-state index in [1.54, 1.807) is 0 Å². The van der Waals surface area contributed by atoms with E-state index in [1.165, 1.54) is 21.7 Å². The van der Waals surface area contributed by atoms with E-state index in [1.807, 2.05) is 0 Å². The molecule has 6 nitrogen and oxygen atoms in total. The van der Waals surface area contributed by atoms with Crippen molar-refractivity contribution in [2.24, 2.45) is 5.92 Å². The summed E-state index contributed by atoms with van der Waals surface area (Å²) in [6.07, 6.45) is 3.72. The molecular formula is C20H31N3O3S. The van der Waals surface area contributed by atoms with Gasteiger partial charge in [-0.05, 0) is 44.2 Å². The van der Waals surface area contributed by atoms with Crippen LogP contribution < -0.4 is 5.32 Å². The van der Waals surface area contributed by atoms with Crippen LogP contribution in [0.4, 0.5) is 0 Å². The number of nitrogens with one attached hydrogen (secondary N) is 1. The van der Waals surface area contributed by atoms with Gasteiger partial charge in [-0.2, -0.15) is 0 Å². The number of carbonyl (C=O) groups is 1. The van der Waals surface area contributed by atoms with Crippen LogP contribution in [-0.4, -0.2) is 61.5 Å². The molecular weight excluding hydrogens is 362 g/mol. The molecule has 1 aromatic carbocycles. The molecule has 0 aliphatic carbocycles. The molecule has 0 spiro atoms. The molecule has 1 N–H and O–H groups in total. The summed E-state index contributed by atoms with van der Waals surface area (Å²) in [7, 11) is -3.24. The lowest BCUT2D eigenvalue weighted by molar-refractivity contribution is -0.126. The zero-order valence-corrected chi connectivity index (χ0v) is 17.4. The second-order valence-electron chi connectivity index (χ2n) is 8.43. The fraction of sp³-hybridized carbons (Fsp3) is 0.650. The Balaban J connectivity index is 1.56. The van der Waals surface area contributed by atoms with Gasteiger partial charge in [0.1, 0.15) is 0 Å². The molecule has 7 heteroatoms. The number of piperidine rings is 1. The quantitative estimate of drug-likeness (QED) is 0.825. The molecule has 1 aromatic rings. The Morgan fingerprint density at radius 1 is 1.22 bits per heavy atom. The highest BCUT2D eigenvalue weighted by molar-refractivity contribution is 7.88. The van der Waals surface area contributed by atoms with Crippen LogP contribution in [-0.2, 0) is 27.8 Å². The summed E-state index contributed by atoms with van der Waals surface area (Å²) in [5.74, 6) is -0.291. The van der Waals surface area contributed by atoms with Crippen LogP contribution in [0.15, 0.2) is 24.3 Å². The second-order valence-corrected chi connectivity index (χ2v) is 10.4. The molecule has 0 saturated carbocycles. The second kappa shape index (κ2) is 7.89. The van der Waals surface area contributed by atoms with Crippen molar-refractivity contribution in [1.82, 2.24) is 14.5 Å². The molecule has 0 aromatic heterocycles. The van der Waals surface area contributed by atoms with Crippen molar-refractivity contribution in [2.45, 2.75) is 45.2 Å². The Morgan fingerprint density at radius 3 is 2.63 bits per heavy atom. The Bertz CT molecular complexity index is 791. The van der Waals surface area contributed by atoms with Crippen LogP contribution in [0.2, 0.25) is 0 Å². The zero-order chi connectivity index (χ0) is 19.7. The van der Waals surface area contributed by atoms with Crippen LogP contribution in [0.1, 0.15) is 37.8 Å². The lowest BCUT2D eigenvalue weighted by Crippen LogP contribution is -2.54. The fourth-order valence-electron chi connectivity index (χ4n) is 4.03. The maximum atomic E-state index is 12.6. The number of nitrogens with zero attached hydrogens (tertiary/aromatic N) is 2. The monoisotopic (exact) mass is 393 g/mol. The van der Waals surface area contributed by atoms with Crippen molar-refractivity contribution in [3.8, 4) is 0 Å². The van der Waals surface area contributed by atoms with Crippen molar-refractivity contribution in [3.63, 3.8) is 0 Å². The van der Waals surface area contributed by atoms with E-state index in [0.29, 0.717) is 19.6 Å². The topological polar surface area (TPSA) is 69.7 Å². The van der Waals surface area contributed by atoms with Gasteiger partial charge in [-0.25, -0.2) is 12.7 Å². The molecule has 150 valence electrons.